The second-order valence-electron chi connectivity index (χ2n) is 6.73. The standard InChI is InChI=1S/C19H41N3O/c1-2-3-4-5-6-7-8-9-10-11-12-13-14-15-16-22-19(23)18(21)17-20/h18H,2-17,20-21H2,1H3,(H,22,23). The fourth-order valence-electron chi connectivity index (χ4n) is 2.77. The van der Waals surface area contributed by atoms with E-state index in [1.807, 2.05) is 0 Å². The average molecular weight is 328 g/mol. The molecule has 0 aromatic carbocycles. The molecule has 0 radical (unpaired) electrons. The van der Waals surface area contributed by atoms with Crippen molar-refractivity contribution < 1.29 is 4.79 Å². The van der Waals surface area contributed by atoms with Gasteiger partial charge < -0.3 is 16.8 Å². The second-order valence-corrected chi connectivity index (χ2v) is 6.73. The van der Waals surface area contributed by atoms with Gasteiger partial charge in [0.2, 0.25) is 5.91 Å². The van der Waals surface area contributed by atoms with Crippen molar-refractivity contribution >= 4 is 5.91 Å². The molecule has 0 heterocycles. The molecule has 1 amide bonds. The van der Waals surface area contributed by atoms with Gasteiger partial charge in [-0.15, -0.1) is 0 Å². The van der Waals surface area contributed by atoms with Gasteiger partial charge in [-0.1, -0.05) is 90.4 Å². The van der Waals surface area contributed by atoms with Gasteiger partial charge in [0, 0.05) is 13.1 Å². The molecule has 0 aliphatic rings. The van der Waals surface area contributed by atoms with E-state index in [9.17, 15) is 4.79 Å². The molecule has 0 bridgehead atoms. The van der Waals surface area contributed by atoms with Crippen molar-refractivity contribution in [1.82, 2.24) is 5.32 Å². The molecule has 5 N–H and O–H groups in total. The van der Waals surface area contributed by atoms with Crippen LogP contribution in [0.4, 0.5) is 0 Å². The maximum Gasteiger partial charge on any atom is 0.238 e. The monoisotopic (exact) mass is 327 g/mol. The molecular weight excluding hydrogens is 286 g/mol. The van der Waals surface area contributed by atoms with Crippen LogP contribution in [-0.4, -0.2) is 25.0 Å². The largest absolute Gasteiger partial charge is 0.355 e. The van der Waals surface area contributed by atoms with Crippen molar-refractivity contribution in [3.05, 3.63) is 0 Å². The van der Waals surface area contributed by atoms with Gasteiger partial charge in [0.1, 0.15) is 0 Å². The Hall–Kier alpha value is -0.610. The Morgan fingerprint density at radius 2 is 1.17 bits per heavy atom. The quantitative estimate of drug-likeness (QED) is 0.355. The number of amides is 1. The molecule has 0 aliphatic heterocycles. The molecule has 23 heavy (non-hydrogen) atoms. The highest BCUT2D eigenvalue weighted by Gasteiger charge is 2.09. The van der Waals surface area contributed by atoms with Gasteiger partial charge in [-0.25, -0.2) is 0 Å². The first-order valence-corrected chi connectivity index (χ1v) is 9.95. The van der Waals surface area contributed by atoms with Crippen LogP contribution >= 0.6 is 0 Å². The zero-order chi connectivity index (χ0) is 17.2. The second kappa shape index (κ2) is 17.7. The highest BCUT2D eigenvalue weighted by molar-refractivity contribution is 5.81. The summed E-state index contributed by atoms with van der Waals surface area (Å²) in [5.41, 5.74) is 10.9. The van der Waals surface area contributed by atoms with Crippen LogP contribution in [0.1, 0.15) is 96.8 Å². The molecule has 0 rings (SSSR count). The topological polar surface area (TPSA) is 81.1 Å². The first-order valence-electron chi connectivity index (χ1n) is 9.95. The van der Waals surface area contributed by atoms with Gasteiger partial charge in [0.15, 0.2) is 0 Å². The Labute approximate surface area is 144 Å². The van der Waals surface area contributed by atoms with Crippen LogP contribution in [0.5, 0.6) is 0 Å². The van der Waals surface area contributed by atoms with Crippen molar-refractivity contribution in [3.63, 3.8) is 0 Å². The Kier molecular flexibility index (Phi) is 17.3. The zero-order valence-electron chi connectivity index (χ0n) is 15.5. The fourth-order valence-corrected chi connectivity index (χ4v) is 2.77. The molecule has 0 aromatic heterocycles. The smallest absolute Gasteiger partial charge is 0.238 e. The molecule has 1 atom stereocenters. The highest BCUT2D eigenvalue weighted by atomic mass is 16.2. The van der Waals surface area contributed by atoms with E-state index in [0.717, 1.165) is 13.0 Å². The predicted octanol–water partition coefficient (Wildman–Crippen LogP) is 3.87. The Morgan fingerprint density at radius 3 is 1.57 bits per heavy atom. The summed E-state index contributed by atoms with van der Waals surface area (Å²) in [6.07, 6.45) is 18.9. The third-order valence-corrected chi connectivity index (χ3v) is 4.42. The number of nitrogens with two attached hydrogens (primary N) is 2. The van der Waals surface area contributed by atoms with Gasteiger partial charge in [-0.05, 0) is 6.42 Å². The molecule has 0 saturated heterocycles. The summed E-state index contributed by atoms with van der Waals surface area (Å²) < 4.78 is 0. The molecule has 0 fully saturated rings. The molecule has 4 heteroatoms. The number of nitrogens with one attached hydrogen (secondary N) is 1. The fraction of sp³-hybridized carbons (Fsp3) is 0.947. The first-order chi connectivity index (χ1) is 11.2. The van der Waals surface area contributed by atoms with E-state index in [1.165, 1.54) is 83.5 Å². The molecule has 4 nitrogen and oxygen atoms in total. The lowest BCUT2D eigenvalue weighted by Gasteiger charge is -2.09. The number of carbonyl (C=O) groups excluding carboxylic acids is 1. The van der Waals surface area contributed by atoms with E-state index in [2.05, 4.69) is 12.2 Å². The lowest BCUT2D eigenvalue weighted by Crippen LogP contribution is -2.45. The van der Waals surface area contributed by atoms with E-state index in [4.69, 9.17) is 11.5 Å². The Balaban J connectivity index is 3.09. The normalized spacial score (nSPS) is 12.3. The zero-order valence-corrected chi connectivity index (χ0v) is 15.5. The van der Waals surface area contributed by atoms with Crippen LogP contribution in [0.15, 0.2) is 0 Å². The summed E-state index contributed by atoms with van der Waals surface area (Å²) in [7, 11) is 0. The van der Waals surface area contributed by atoms with Crippen LogP contribution < -0.4 is 16.8 Å². The van der Waals surface area contributed by atoms with Gasteiger partial charge in [-0.2, -0.15) is 0 Å². The number of hydrogen-bond acceptors (Lipinski definition) is 3. The van der Waals surface area contributed by atoms with Crippen LogP contribution in [0.3, 0.4) is 0 Å². The molecule has 1 unspecified atom stereocenters. The summed E-state index contributed by atoms with van der Waals surface area (Å²) in [5, 5.41) is 2.83. The first kappa shape index (κ1) is 22.4. The molecule has 138 valence electrons. The summed E-state index contributed by atoms with van der Waals surface area (Å²) in [4.78, 5) is 11.4. The van der Waals surface area contributed by atoms with E-state index >= 15 is 0 Å². The maximum atomic E-state index is 11.4. The van der Waals surface area contributed by atoms with Crippen molar-refractivity contribution in [2.24, 2.45) is 11.5 Å². The SMILES string of the molecule is CCCCCCCCCCCCCCCCNC(=O)C(N)CN. The van der Waals surface area contributed by atoms with E-state index in [1.54, 1.807) is 0 Å². The average Bonchev–Trinajstić information content (AvgIpc) is 2.57. The Morgan fingerprint density at radius 1 is 0.783 bits per heavy atom. The molecule has 0 aliphatic carbocycles. The van der Waals surface area contributed by atoms with Crippen LogP contribution in [0.25, 0.3) is 0 Å². The summed E-state index contributed by atoms with van der Waals surface area (Å²) in [6, 6.07) is -0.554. The van der Waals surface area contributed by atoms with Gasteiger partial charge in [-0.3, -0.25) is 4.79 Å². The molecule has 0 saturated carbocycles. The van der Waals surface area contributed by atoms with Gasteiger partial charge in [0.25, 0.3) is 0 Å². The van der Waals surface area contributed by atoms with E-state index in [-0.39, 0.29) is 12.5 Å². The highest BCUT2D eigenvalue weighted by Crippen LogP contribution is 2.12. The molecule has 0 aromatic rings. The van der Waals surface area contributed by atoms with E-state index < -0.39 is 6.04 Å². The van der Waals surface area contributed by atoms with Gasteiger partial charge in [0.05, 0.1) is 6.04 Å². The van der Waals surface area contributed by atoms with Crippen LogP contribution in [0.2, 0.25) is 0 Å². The van der Waals surface area contributed by atoms with Crippen LogP contribution in [-0.2, 0) is 4.79 Å². The minimum atomic E-state index is -0.554. The van der Waals surface area contributed by atoms with Crippen molar-refractivity contribution in [1.29, 1.82) is 0 Å². The minimum Gasteiger partial charge on any atom is -0.355 e. The minimum absolute atomic E-state index is 0.123. The third kappa shape index (κ3) is 16.0. The molecular formula is C19H41N3O. The number of hydrogen-bond donors (Lipinski definition) is 3. The Bertz CT molecular complexity index is 259. The summed E-state index contributed by atoms with van der Waals surface area (Å²) in [5.74, 6) is -0.123. The number of rotatable bonds is 17. The molecule has 0 spiro atoms. The maximum absolute atomic E-state index is 11.4. The van der Waals surface area contributed by atoms with Gasteiger partial charge >= 0.3 is 0 Å². The van der Waals surface area contributed by atoms with Crippen LogP contribution in [0, 0.1) is 0 Å². The summed E-state index contributed by atoms with van der Waals surface area (Å²) >= 11 is 0. The number of unbranched alkanes of at least 4 members (excludes halogenated alkanes) is 13. The van der Waals surface area contributed by atoms with Crippen molar-refractivity contribution in [3.8, 4) is 0 Å². The lowest BCUT2D eigenvalue weighted by atomic mass is 10.0. The van der Waals surface area contributed by atoms with Crippen molar-refractivity contribution in [2.45, 2.75) is 103 Å². The van der Waals surface area contributed by atoms with E-state index in [0.29, 0.717) is 0 Å². The third-order valence-electron chi connectivity index (χ3n) is 4.42. The lowest BCUT2D eigenvalue weighted by molar-refractivity contribution is -0.122. The van der Waals surface area contributed by atoms with Crippen molar-refractivity contribution in [2.75, 3.05) is 13.1 Å². The number of carbonyl (C=O) groups is 1. The summed E-state index contributed by atoms with van der Waals surface area (Å²) in [6.45, 7) is 3.21. The predicted molar refractivity (Wildman–Crippen MR) is 100 cm³/mol.